The van der Waals surface area contributed by atoms with Crippen LogP contribution in [0.3, 0.4) is 0 Å². The molecule has 7 nitrogen and oxygen atoms in total. The van der Waals surface area contributed by atoms with Gasteiger partial charge in [-0.05, 0) is 0 Å². The Hall–Kier alpha value is -1.17. The lowest BCUT2D eigenvalue weighted by molar-refractivity contribution is -0.266. The molecule has 4 N–H and O–H groups in total. The van der Waals surface area contributed by atoms with Crippen LogP contribution in [0.4, 0.5) is 0 Å². The second-order valence-electron chi connectivity index (χ2n) is 3.95. The summed E-state index contributed by atoms with van der Waals surface area (Å²) in [6, 6.07) is -0.950. The summed E-state index contributed by atoms with van der Waals surface area (Å²) in [5.74, 6) is 1.82. The van der Waals surface area contributed by atoms with Gasteiger partial charge in [-0.3, -0.25) is 4.79 Å². The summed E-state index contributed by atoms with van der Waals surface area (Å²) < 4.78 is 10.4. The largest absolute Gasteiger partial charge is 0.394 e. The normalized spacial score (nSPS) is 35.8. The molecule has 0 unspecified atom stereocenters. The second kappa shape index (κ2) is 6.68. The fourth-order valence-corrected chi connectivity index (χ4v) is 1.74. The fourth-order valence-electron chi connectivity index (χ4n) is 1.74. The fraction of sp³-hybridized carbons (Fsp3) is 0.727. The number of aliphatic hydroxyl groups excluding tert-OH is 3. The predicted molar refractivity (Wildman–Crippen MR) is 60.2 cm³/mol. The van der Waals surface area contributed by atoms with Crippen molar-refractivity contribution in [2.75, 3.05) is 13.2 Å². The molecule has 0 aromatic rings. The Morgan fingerprint density at radius 3 is 2.67 bits per heavy atom. The van der Waals surface area contributed by atoms with Crippen LogP contribution in [0.15, 0.2) is 0 Å². The number of nitrogens with one attached hydrogen (secondary N) is 1. The maximum atomic E-state index is 11.0. The molecule has 5 atom stereocenters. The zero-order valence-electron chi connectivity index (χ0n) is 9.94. The Morgan fingerprint density at radius 1 is 1.50 bits per heavy atom. The van der Waals surface area contributed by atoms with Gasteiger partial charge in [-0.15, -0.1) is 6.42 Å². The second-order valence-corrected chi connectivity index (χ2v) is 3.95. The molecule has 1 aliphatic heterocycles. The number of amides is 1. The maximum absolute atomic E-state index is 11.0. The highest BCUT2D eigenvalue weighted by Gasteiger charge is 2.45. The Kier molecular flexibility index (Phi) is 5.53. The molecule has 102 valence electrons. The first-order valence-electron chi connectivity index (χ1n) is 5.46. The Balaban J connectivity index is 2.80. The molecule has 1 aliphatic rings. The summed E-state index contributed by atoms with van der Waals surface area (Å²) in [6.07, 6.45) is 0.383. The van der Waals surface area contributed by atoms with Crippen molar-refractivity contribution in [3.8, 4) is 12.3 Å². The molecule has 0 spiro atoms. The van der Waals surface area contributed by atoms with Crippen molar-refractivity contribution in [3.63, 3.8) is 0 Å². The van der Waals surface area contributed by atoms with Gasteiger partial charge in [0, 0.05) is 6.92 Å². The van der Waals surface area contributed by atoms with Crippen LogP contribution in [0.25, 0.3) is 0 Å². The quantitative estimate of drug-likeness (QED) is 0.418. The van der Waals surface area contributed by atoms with E-state index in [1.165, 1.54) is 6.92 Å². The van der Waals surface area contributed by atoms with E-state index in [9.17, 15) is 15.0 Å². The van der Waals surface area contributed by atoms with E-state index in [0.717, 1.165) is 0 Å². The number of carbonyl (C=O) groups is 1. The van der Waals surface area contributed by atoms with Crippen LogP contribution in [0.5, 0.6) is 0 Å². The smallest absolute Gasteiger partial charge is 0.217 e. The number of terminal acetylenes is 1. The molecule has 0 aliphatic carbocycles. The topological polar surface area (TPSA) is 108 Å². The van der Waals surface area contributed by atoms with Crippen molar-refractivity contribution in [3.05, 3.63) is 0 Å². The SMILES string of the molecule is C#CCO[C@H]1O[C@H](CO)[C@@H](O)[C@H](O)[C@H]1NC(C)=O. The van der Waals surface area contributed by atoms with E-state index in [0.29, 0.717) is 0 Å². The highest BCUT2D eigenvalue weighted by Crippen LogP contribution is 2.21. The van der Waals surface area contributed by atoms with Crippen LogP contribution in [0.1, 0.15) is 6.92 Å². The third-order valence-corrected chi connectivity index (χ3v) is 2.58. The minimum atomic E-state index is -1.32. The van der Waals surface area contributed by atoms with Crippen molar-refractivity contribution in [1.82, 2.24) is 5.32 Å². The van der Waals surface area contributed by atoms with E-state index >= 15 is 0 Å². The third kappa shape index (κ3) is 3.41. The van der Waals surface area contributed by atoms with E-state index in [1.807, 2.05) is 0 Å². The third-order valence-electron chi connectivity index (χ3n) is 2.58. The number of rotatable bonds is 4. The van der Waals surface area contributed by atoms with Gasteiger partial charge in [0.2, 0.25) is 5.91 Å². The summed E-state index contributed by atoms with van der Waals surface area (Å²) in [6.45, 7) is 0.693. The van der Waals surface area contributed by atoms with Crippen LogP contribution in [0, 0.1) is 12.3 Å². The molecule has 0 aromatic carbocycles. The minimum Gasteiger partial charge on any atom is -0.394 e. The van der Waals surface area contributed by atoms with Crippen molar-refractivity contribution in [2.45, 2.75) is 37.6 Å². The number of carbonyl (C=O) groups excluding carboxylic acids is 1. The predicted octanol–water partition coefficient (Wildman–Crippen LogP) is -2.42. The van der Waals surface area contributed by atoms with E-state index in [2.05, 4.69) is 11.2 Å². The summed E-state index contributed by atoms with van der Waals surface area (Å²) in [7, 11) is 0. The van der Waals surface area contributed by atoms with Gasteiger partial charge < -0.3 is 30.1 Å². The Bertz CT molecular complexity index is 328. The lowest BCUT2D eigenvalue weighted by Crippen LogP contribution is -2.64. The average Bonchev–Trinajstić information content (AvgIpc) is 2.33. The summed E-state index contributed by atoms with van der Waals surface area (Å²) >= 11 is 0. The first kappa shape index (κ1) is 14.9. The van der Waals surface area contributed by atoms with Gasteiger partial charge in [0.05, 0.1) is 6.61 Å². The molecule has 7 heteroatoms. The van der Waals surface area contributed by atoms with Crippen molar-refractivity contribution < 1.29 is 29.6 Å². The average molecular weight is 259 g/mol. The van der Waals surface area contributed by atoms with Gasteiger partial charge in [-0.1, -0.05) is 5.92 Å². The van der Waals surface area contributed by atoms with Crippen LogP contribution >= 0.6 is 0 Å². The van der Waals surface area contributed by atoms with E-state index in [4.69, 9.17) is 21.0 Å². The van der Waals surface area contributed by atoms with Gasteiger partial charge in [0.1, 0.15) is 31.0 Å². The van der Waals surface area contributed by atoms with Crippen LogP contribution in [-0.4, -0.2) is 65.1 Å². The summed E-state index contributed by atoms with van der Waals surface area (Å²) in [5.41, 5.74) is 0. The van der Waals surface area contributed by atoms with Crippen LogP contribution in [-0.2, 0) is 14.3 Å². The number of ether oxygens (including phenoxy) is 2. The molecule has 0 radical (unpaired) electrons. The lowest BCUT2D eigenvalue weighted by Gasteiger charge is -2.41. The van der Waals surface area contributed by atoms with Gasteiger partial charge >= 0.3 is 0 Å². The van der Waals surface area contributed by atoms with E-state index in [-0.39, 0.29) is 6.61 Å². The molecular formula is C11H17NO6. The number of hydrogen-bond acceptors (Lipinski definition) is 6. The van der Waals surface area contributed by atoms with Crippen molar-refractivity contribution in [2.24, 2.45) is 0 Å². The van der Waals surface area contributed by atoms with Crippen LogP contribution < -0.4 is 5.32 Å². The molecule has 0 aromatic heterocycles. The zero-order chi connectivity index (χ0) is 13.7. The monoisotopic (exact) mass is 259 g/mol. The molecule has 1 heterocycles. The Labute approximate surface area is 105 Å². The van der Waals surface area contributed by atoms with Crippen molar-refractivity contribution in [1.29, 1.82) is 0 Å². The molecular weight excluding hydrogens is 242 g/mol. The summed E-state index contributed by atoms with van der Waals surface area (Å²) in [4.78, 5) is 11.0. The first-order chi connectivity index (χ1) is 8.51. The molecule has 0 bridgehead atoms. The van der Waals surface area contributed by atoms with Gasteiger partial charge in [-0.25, -0.2) is 0 Å². The first-order valence-corrected chi connectivity index (χ1v) is 5.46. The highest BCUT2D eigenvalue weighted by atomic mass is 16.7. The molecule has 1 fully saturated rings. The number of aliphatic hydroxyl groups is 3. The maximum Gasteiger partial charge on any atom is 0.217 e. The molecule has 1 amide bonds. The zero-order valence-corrected chi connectivity index (χ0v) is 9.94. The summed E-state index contributed by atoms with van der Waals surface area (Å²) in [5, 5.41) is 31.0. The van der Waals surface area contributed by atoms with Crippen LogP contribution in [0.2, 0.25) is 0 Å². The molecule has 1 rings (SSSR count). The molecule has 1 saturated heterocycles. The van der Waals surface area contributed by atoms with Gasteiger partial charge in [0.25, 0.3) is 0 Å². The Morgan fingerprint density at radius 2 is 2.17 bits per heavy atom. The molecule has 18 heavy (non-hydrogen) atoms. The highest BCUT2D eigenvalue weighted by molar-refractivity contribution is 5.73. The lowest BCUT2D eigenvalue weighted by atomic mass is 9.97. The van der Waals surface area contributed by atoms with Gasteiger partial charge in [-0.2, -0.15) is 0 Å². The van der Waals surface area contributed by atoms with E-state index < -0.39 is 43.2 Å². The molecule has 0 saturated carbocycles. The standard InChI is InChI=1S/C11H17NO6/c1-3-4-17-11-8(12-6(2)14)10(16)9(15)7(5-13)18-11/h1,7-11,13,15-16H,4-5H2,2H3,(H,12,14)/t7-,8-,9-,10-,11+/m1/s1. The number of hydrogen-bond donors (Lipinski definition) is 4. The van der Waals surface area contributed by atoms with E-state index in [1.54, 1.807) is 0 Å². The van der Waals surface area contributed by atoms with Gasteiger partial charge in [0.15, 0.2) is 6.29 Å². The van der Waals surface area contributed by atoms with Crippen molar-refractivity contribution >= 4 is 5.91 Å². The minimum absolute atomic E-state index is 0.0816.